The summed E-state index contributed by atoms with van der Waals surface area (Å²) in [6, 6.07) is 8.68. The van der Waals surface area contributed by atoms with Crippen LogP contribution in [0.5, 0.6) is 0 Å². The van der Waals surface area contributed by atoms with Gasteiger partial charge in [-0.15, -0.1) is 0 Å². The monoisotopic (exact) mass is 218 g/mol. The highest BCUT2D eigenvalue weighted by atomic mass is 16.1. The third-order valence-electron chi connectivity index (χ3n) is 3.04. The Morgan fingerprint density at radius 2 is 2.12 bits per heavy atom. The Kier molecular flexibility index (Phi) is 3.57. The van der Waals surface area contributed by atoms with Gasteiger partial charge in [0.2, 0.25) is 6.41 Å². The van der Waals surface area contributed by atoms with Crippen LogP contribution in [0.15, 0.2) is 24.3 Å². The van der Waals surface area contributed by atoms with Crippen molar-refractivity contribution in [3.63, 3.8) is 0 Å². The van der Waals surface area contributed by atoms with Crippen molar-refractivity contribution in [1.29, 1.82) is 0 Å². The summed E-state index contributed by atoms with van der Waals surface area (Å²) in [5, 5.41) is 0. The molecule has 0 bridgehead atoms. The van der Waals surface area contributed by atoms with Gasteiger partial charge >= 0.3 is 0 Å². The number of aryl methyl sites for hydroxylation is 1. The summed E-state index contributed by atoms with van der Waals surface area (Å²) in [5.41, 5.74) is 2.72. The third kappa shape index (κ3) is 2.61. The number of nitrogens with zero attached hydrogens (tertiary/aromatic N) is 2. The average Bonchev–Trinajstić information content (AvgIpc) is 2.77. The van der Waals surface area contributed by atoms with Gasteiger partial charge in [0.15, 0.2) is 0 Å². The molecule has 86 valence electrons. The topological polar surface area (TPSA) is 23.6 Å². The molecule has 1 aromatic carbocycles. The number of carbonyl (C=O) groups is 1. The molecule has 1 amide bonds. The number of hydrogen-bond donors (Lipinski definition) is 0. The normalized spacial score (nSPS) is 16.7. The van der Waals surface area contributed by atoms with Crippen LogP contribution in [0.1, 0.15) is 18.1 Å². The minimum Gasteiger partial charge on any atom is -0.331 e. The number of rotatable bonds is 4. The molecular weight excluding hydrogens is 200 g/mol. The van der Waals surface area contributed by atoms with E-state index < -0.39 is 0 Å². The maximum atomic E-state index is 10.6. The number of hydrogen-bond acceptors (Lipinski definition) is 2. The molecule has 16 heavy (non-hydrogen) atoms. The van der Waals surface area contributed by atoms with Gasteiger partial charge in [-0.3, -0.25) is 9.69 Å². The van der Waals surface area contributed by atoms with Crippen LogP contribution in [-0.2, 0) is 17.8 Å². The molecule has 0 atom stereocenters. The predicted octanol–water partition coefficient (Wildman–Crippen LogP) is 1.48. The fraction of sp³-hybridized carbons (Fsp3) is 0.462. The maximum absolute atomic E-state index is 10.6. The summed E-state index contributed by atoms with van der Waals surface area (Å²) in [5.74, 6) is 0. The summed E-state index contributed by atoms with van der Waals surface area (Å²) in [7, 11) is 0. The van der Waals surface area contributed by atoms with E-state index in [2.05, 4.69) is 36.1 Å². The molecule has 0 saturated carbocycles. The molecule has 3 nitrogen and oxygen atoms in total. The van der Waals surface area contributed by atoms with E-state index in [0.717, 1.165) is 39.1 Å². The molecule has 0 aliphatic carbocycles. The van der Waals surface area contributed by atoms with Gasteiger partial charge in [0.1, 0.15) is 0 Å². The minimum atomic E-state index is 0.764. The standard InChI is InChI=1S/C13H18N2O/c1-2-12-4-3-5-13(8-12)9-14-6-7-15(10-14)11-16/h3-5,8,11H,2,6-7,9-10H2,1H3. The molecule has 1 aliphatic heterocycles. The molecule has 0 N–H and O–H groups in total. The van der Waals surface area contributed by atoms with E-state index in [4.69, 9.17) is 0 Å². The molecule has 2 rings (SSSR count). The molecule has 0 radical (unpaired) electrons. The first kappa shape index (κ1) is 11.1. The number of carbonyl (C=O) groups excluding carboxylic acids is 1. The zero-order valence-electron chi connectivity index (χ0n) is 9.72. The highest BCUT2D eigenvalue weighted by molar-refractivity contribution is 5.47. The zero-order chi connectivity index (χ0) is 11.4. The Labute approximate surface area is 96.7 Å². The van der Waals surface area contributed by atoms with E-state index in [1.54, 1.807) is 0 Å². The fourth-order valence-electron chi connectivity index (χ4n) is 2.09. The van der Waals surface area contributed by atoms with Crippen molar-refractivity contribution < 1.29 is 4.79 Å². The first-order valence-electron chi connectivity index (χ1n) is 5.81. The lowest BCUT2D eigenvalue weighted by Gasteiger charge is -2.15. The Bertz CT molecular complexity index is 365. The van der Waals surface area contributed by atoms with Gasteiger partial charge in [0, 0.05) is 19.6 Å². The second-order valence-electron chi connectivity index (χ2n) is 4.29. The lowest BCUT2D eigenvalue weighted by atomic mass is 10.1. The van der Waals surface area contributed by atoms with Crippen LogP contribution in [0.3, 0.4) is 0 Å². The lowest BCUT2D eigenvalue weighted by Crippen LogP contribution is -2.24. The Morgan fingerprint density at radius 1 is 1.31 bits per heavy atom. The second-order valence-corrected chi connectivity index (χ2v) is 4.29. The van der Waals surface area contributed by atoms with Crippen LogP contribution in [0.2, 0.25) is 0 Å². The van der Waals surface area contributed by atoms with E-state index in [9.17, 15) is 4.79 Å². The van der Waals surface area contributed by atoms with Gasteiger partial charge in [-0.05, 0) is 17.5 Å². The van der Waals surface area contributed by atoms with Crippen molar-refractivity contribution in [1.82, 2.24) is 9.80 Å². The molecule has 1 saturated heterocycles. The van der Waals surface area contributed by atoms with Crippen LogP contribution in [0, 0.1) is 0 Å². The van der Waals surface area contributed by atoms with Crippen LogP contribution in [0.4, 0.5) is 0 Å². The summed E-state index contributed by atoms with van der Waals surface area (Å²) in [6.07, 6.45) is 2.01. The minimum absolute atomic E-state index is 0.764. The molecule has 0 unspecified atom stereocenters. The summed E-state index contributed by atoms with van der Waals surface area (Å²) in [6.45, 7) is 5.72. The van der Waals surface area contributed by atoms with E-state index in [1.165, 1.54) is 11.1 Å². The molecule has 1 fully saturated rings. The van der Waals surface area contributed by atoms with Crippen molar-refractivity contribution in [3.05, 3.63) is 35.4 Å². The highest BCUT2D eigenvalue weighted by Gasteiger charge is 2.17. The second kappa shape index (κ2) is 5.12. The van der Waals surface area contributed by atoms with Gasteiger partial charge in [0.25, 0.3) is 0 Å². The Hall–Kier alpha value is -1.35. The zero-order valence-corrected chi connectivity index (χ0v) is 9.72. The molecule has 1 aliphatic rings. The summed E-state index contributed by atoms with van der Waals surface area (Å²) in [4.78, 5) is 14.7. The smallest absolute Gasteiger partial charge is 0.210 e. The largest absolute Gasteiger partial charge is 0.331 e. The summed E-state index contributed by atoms with van der Waals surface area (Å²) < 4.78 is 0. The predicted molar refractivity (Wildman–Crippen MR) is 63.9 cm³/mol. The van der Waals surface area contributed by atoms with Gasteiger partial charge in [-0.25, -0.2) is 0 Å². The number of benzene rings is 1. The average molecular weight is 218 g/mol. The van der Waals surface area contributed by atoms with E-state index in [1.807, 2.05) is 4.90 Å². The maximum Gasteiger partial charge on any atom is 0.210 e. The third-order valence-corrected chi connectivity index (χ3v) is 3.04. The lowest BCUT2D eigenvalue weighted by molar-refractivity contribution is -0.117. The first-order valence-corrected chi connectivity index (χ1v) is 5.81. The molecule has 3 heteroatoms. The summed E-state index contributed by atoms with van der Waals surface area (Å²) >= 11 is 0. The van der Waals surface area contributed by atoms with Crippen LogP contribution in [-0.4, -0.2) is 36.0 Å². The number of amides is 1. The van der Waals surface area contributed by atoms with Crippen molar-refractivity contribution in [3.8, 4) is 0 Å². The van der Waals surface area contributed by atoms with Crippen LogP contribution < -0.4 is 0 Å². The molecule has 0 spiro atoms. The fourth-order valence-corrected chi connectivity index (χ4v) is 2.09. The van der Waals surface area contributed by atoms with Crippen LogP contribution >= 0.6 is 0 Å². The van der Waals surface area contributed by atoms with Gasteiger partial charge in [-0.2, -0.15) is 0 Å². The molecule has 0 aromatic heterocycles. The molecule has 1 heterocycles. The van der Waals surface area contributed by atoms with Crippen molar-refractivity contribution in [2.75, 3.05) is 19.8 Å². The van der Waals surface area contributed by atoms with Crippen LogP contribution in [0.25, 0.3) is 0 Å². The van der Waals surface area contributed by atoms with E-state index >= 15 is 0 Å². The highest BCUT2D eigenvalue weighted by Crippen LogP contribution is 2.11. The quantitative estimate of drug-likeness (QED) is 0.715. The SMILES string of the molecule is CCc1cccc(CN2CCN(C=O)C2)c1. The van der Waals surface area contributed by atoms with Gasteiger partial charge in [0.05, 0.1) is 6.67 Å². The Morgan fingerprint density at radius 3 is 2.81 bits per heavy atom. The van der Waals surface area contributed by atoms with Crippen molar-refractivity contribution in [2.24, 2.45) is 0 Å². The van der Waals surface area contributed by atoms with Gasteiger partial charge < -0.3 is 4.90 Å². The van der Waals surface area contributed by atoms with Crippen molar-refractivity contribution in [2.45, 2.75) is 19.9 Å². The van der Waals surface area contributed by atoms with Gasteiger partial charge in [-0.1, -0.05) is 31.2 Å². The Balaban J connectivity index is 1.96. The van der Waals surface area contributed by atoms with Crippen molar-refractivity contribution >= 4 is 6.41 Å². The first-order chi connectivity index (χ1) is 7.81. The van der Waals surface area contributed by atoms with E-state index in [0.29, 0.717) is 0 Å². The molecule has 1 aromatic rings. The van der Waals surface area contributed by atoms with E-state index in [-0.39, 0.29) is 0 Å². The molecular formula is C13H18N2O.